The third-order valence-corrected chi connectivity index (χ3v) is 9.51. The fourth-order valence-electron chi connectivity index (χ4n) is 6.66. The van der Waals surface area contributed by atoms with Gasteiger partial charge in [0.2, 0.25) is 0 Å². The molecule has 7 atom stereocenters. The Morgan fingerprint density at radius 2 is 1.06 bits per heavy atom. The Hall–Kier alpha value is -5.93. The van der Waals surface area contributed by atoms with Gasteiger partial charge in [0.1, 0.15) is 30.0 Å². The van der Waals surface area contributed by atoms with Crippen LogP contribution in [0.5, 0.6) is 0 Å². The molecule has 2 N–H and O–H groups in total. The van der Waals surface area contributed by atoms with Crippen LogP contribution in [0.2, 0.25) is 0 Å². The molecule has 14 nitrogen and oxygen atoms in total. The van der Waals surface area contributed by atoms with E-state index >= 15 is 0 Å². The molecule has 0 bridgehead atoms. The second-order valence-electron chi connectivity index (χ2n) is 17.4. The Balaban J connectivity index is 0.000000211. The molecule has 1 unspecified atom stereocenters. The summed E-state index contributed by atoms with van der Waals surface area (Å²) >= 11 is 0. The highest BCUT2D eigenvalue weighted by Gasteiger charge is 2.42. The lowest BCUT2D eigenvalue weighted by Crippen LogP contribution is -2.40. The van der Waals surface area contributed by atoms with Crippen molar-refractivity contribution in [3.63, 3.8) is 0 Å². The summed E-state index contributed by atoms with van der Waals surface area (Å²) in [4.78, 5) is 57.2. The number of rotatable bonds is 9. The summed E-state index contributed by atoms with van der Waals surface area (Å²) in [6.45, 7) is 13.4. The van der Waals surface area contributed by atoms with Gasteiger partial charge in [0.25, 0.3) is 0 Å². The molecular weight excluding hydrogens is 837 g/mol. The molecule has 7 rings (SSSR count). The van der Waals surface area contributed by atoms with Crippen LogP contribution in [-0.4, -0.2) is 82.8 Å². The first-order valence-electron chi connectivity index (χ1n) is 21.6. The van der Waals surface area contributed by atoms with E-state index in [1.807, 2.05) is 121 Å². The number of cyclic esters (lactones) is 2. The lowest BCUT2D eigenvalue weighted by Gasteiger charge is -2.36. The summed E-state index contributed by atoms with van der Waals surface area (Å²) in [5.41, 5.74) is 2.41. The van der Waals surface area contributed by atoms with Crippen LogP contribution in [-0.2, 0) is 57.1 Å². The molecule has 0 aliphatic carbocycles. The minimum atomic E-state index is -1.69. The largest absolute Gasteiger partial charge is 0.479 e. The van der Waals surface area contributed by atoms with Crippen molar-refractivity contribution in [1.82, 2.24) is 0 Å². The summed E-state index contributed by atoms with van der Waals surface area (Å²) in [6.07, 6.45) is -2.01. The molecule has 0 radical (unpaired) electrons. The number of aliphatic hydroxyl groups is 1. The average molecular weight is 899 g/mol. The van der Waals surface area contributed by atoms with Gasteiger partial charge in [-0.3, -0.25) is 9.59 Å². The van der Waals surface area contributed by atoms with Crippen molar-refractivity contribution in [3.8, 4) is 0 Å². The Bertz CT molecular complexity index is 2080. The minimum absolute atomic E-state index is 0.00287. The molecular formula is C51H62O14. The molecule has 3 saturated heterocycles. The van der Waals surface area contributed by atoms with Crippen molar-refractivity contribution in [2.75, 3.05) is 13.2 Å². The first kappa shape index (κ1) is 51.7. The molecule has 0 amide bonds. The predicted molar refractivity (Wildman–Crippen MR) is 239 cm³/mol. The van der Waals surface area contributed by atoms with Crippen molar-refractivity contribution in [2.24, 2.45) is 0 Å². The second kappa shape index (κ2) is 24.9. The monoisotopic (exact) mass is 898 g/mol. The van der Waals surface area contributed by atoms with Gasteiger partial charge in [-0.05, 0) is 83.6 Å². The summed E-state index contributed by atoms with van der Waals surface area (Å²) in [7, 11) is 0. The molecule has 3 aliphatic heterocycles. The van der Waals surface area contributed by atoms with Crippen molar-refractivity contribution < 1.29 is 67.3 Å². The van der Waals surface area contributed by atoms with Gasteiger partial charge < -0.3 is 43.4 Å². The van der Waals surface area contributed by atoms with Gasteiger partial charge in [-0.1, -0.05) is 121 Å². The normalized spacial score (nSPS) is 22.0. The Morgan fingerprint density at radius 1 is 0.631 bits per heavy atom. The molecule has 14 heteroatoms. The van der Waals surface area contributed by atoms with Crippen molar-refractivity contribution in [3.05, 3.63) is 144 Å². The van der Waals surface area contributed by atoms with Crippen LogP contribution in [0.4, 0.5) is 0 Å². The number of carboxylic acids is 1. The topological polar surface area (TPSA) is 190 Å². The zero-order valence-electron chi connectivity index (χ0n) is 38.1. The maximum absolute atomic E-state index is 12.5. The van der Waals surface area contributed by atoms with Gasteiger partial charge in [-0.25, -0.2) is 14.4 Å². The maximum atomic E-state index is 12.5. The number of hydrogen-bond donors (Lipinski definition) is 2. The predicted octanol–water partition coefficient (Wildman–Crippen LogP) is 8.53. The lowest BCUT2D eigenvalue weighted by molar-refractivity contribution is -0.207. The van der Waals surface area contributed by atoms with E-state index in [9.17, 15) is 24.0 Å². The number of hydrogen-bond acceptors (Lipinski definition) is 13. The summed E-state index contributed by atoms with van der Waals surface area (Å²) in [5.74, 6) is -3.51. The van der Waals surface area contributed by atoms with E-state index in [-0.39, 0.29) is 31.2 Å². The van der Waals surface area contributed by atoms with Gasteiger partial charge in [0, 0.05) is 6.61 Å². The van der Waals surface area contributed by atoms with E-state index in [1.165, 1.54) is 12.8 Å². The standard InChI is InChI=1S/C22H24O5.C16H14O3.C8H14O5.C5H10O/c1-22(2,3)27-18(23)14-17-21(24)26-20(16-12-8-5-9-13-16)19(25-17)15-10-6-4-7-11-15;17-14-11-18-15(12-7-3-1-4-8-12)16(19-14)13-9-5-2-6-10-13;1-8(2,3)13-6(10)4-5(9)7(11)12;1-5-3-2-4-6-5/h4-13,17,19-20H,14H2,1-3H3;1-10,15-16H,11H2;5,9H,4H2,1-3H3,(H,11,12);5H,2-4H2,1H3/t17-,19-,20+;15-,16+;5-;/m111./s1. The van der Waals surface area contributed by atoms with Crippen LogP contribution < -0.4 is 0 Å². The molecule has 3 aliphatic rings. The third kappa shape index (κ3) is 18.2. The fraction of sp³-hybridized carbons (Fsp3) is 0.431. The summed E-state index contributed by atoms with van der Waals surface area (Å²) in [5, 5.41) is 17.1. The zero-order chi connectivity index (χ0) is 47.6. The number of carbonyl (C=O) groups excluding carboxylic acids is 4. The zero-order valence-corrected chi connectivity index (χ0v) is 38.1. The van der Waals surface area contributed by atoms with E-state index in [1.54, 1.807) is 41.5 Å². The number of aliphatic carboxylic acids is 1. The van der Waals surface area contributed by atoms with Crippen molar-refractivity contribution in [1.29, 1.82) is 0 Å². The molecule has 4 aromatic carbocycles. The molecule has 3 fully saturated rings. The first-order valence-corrected chi connectivity index (χ1v) is 21.6. The first-order chi connectivity index (χ1) is 30.8. The van der Waals surface area contributed by atoms with Gasteiger partial charge in [0.15, 0.2) is 24.4 Å². The number of carboxylic acid groups (broad SMARTS) is 1. The van der Waals surface area contributed by atoms with E-state index in [4.69, 9.17) is 43.4 Å². The molecule has 0 saturated carbocycles. The van der Waals surface area contributed by atoms with Crippen LogP contribution in [0.1, 0.15) is 121 Å². The van der Waals surface area contributed by atoms with E-state index in [0.29, 0.717) is 6.10 Å². The van der Waals surface area contributed by atoms with Crippen molar-refractivity contribution in [2.45, 2.75) is 128 Å². The van der Waals surface area contributed by atoms with Crippen LogP contribution >= 0.6 is 0 Å². The highest BCUT2D eigenvalue weighted by Crippen LogP contribution is 2.41. The van der Waals surface area contributed by atoms with E-state index < -0.39 is 65.9 Å². The second-order valence-corrected chi connectivity index (χ2v) is 17.4. The van der Waals surface area contributed by atoms with Crippen LogP contribution in [0.3, 0.4) is 0 Å². The number of carbonyl (C=O) groups is 5. The number of esters is 4. The lowest BCUT2D eigenvalue weighted by atomic mass is 9.96. The molecule has 0 aromatic heterocycles. The highest BCUT2D eigenvalue weighted by atomic mass is 16.6. The highest BCUT2D eigenvalue weighted by molar-refractivity contribution is 5.83. The molecule has 4 aromatic rings. The maximum Gasteiger partial charge on any atom is 0.336 e. The van der Waals surface area contributed by atoms with Crippen LogP contribution in [0.25, 0.3) is 0 Å². The summed E-state index contributed by atoms with van der Waals surface area (Å²) in [6, 6.07) is 38.6. The van der Waals surface area contributed by atoms with Crippen molar-refractivity contribution >= 4 is 29.8 Å². The van der Waals surface area contributed by atoms with Crippen LogP contribution in [0, 0.1) is 0 Å². The van der Waals surface area contributed by atoms with Gasteiger partial charge >= 0.3 is 29.8 Å². The van der Waals surface area contributed by atoms with Gasteiger partial charge in [0.05, 0.1) is 18.9 Å². The Labute approximate surface area is 381 Å². The molecule has 3 heterocycles. The van der Waals surface area contributed by atoms with Gasteiger partial charge in [-0.2, -0.15) is 0 Å². The molecule has 350 valence electrons. The average Bonchev–Trinajstić information content (AvgIpc) is 3.75. The Kier molecular flexibility index (Phi) is 19.8. The van der Waals surface area contributed by atoms with Gasteiger partial charge in [-0.15, -0.1) is 0 Å². The van der Waals surface area contributed by atoms with E-state index in [0.717, 1.165) is 28.9 Å². The quantitative estimate of drug-likeness (QED) is 0.120. The summed E-state index contributed by atoms with van der Waals surface area (Å²) < 4.78 is 38.2. The smallest absolute Gasteiger partial charge is 0.336 e. The Morgan fingerprint density at radius 3 is 1.46 bits per heavy atom. The molecule has 0 spiro atoms. The third-order valence-electron chi connectivity index (χ3n) is 9.51. The fourth-order valence-corrected chi connectivity index (χ4v) is 6.66. The van der Waals surface area contributed by atoms with E-state index in [2.05, 4.69) is 6.92 Å². The minimum Gasteiger partial charge on any atom is -0.479 e. The van der Waals surface area contributed by atoms with Crippen LogP contribution in [0.15, 0.2) is 121 Å². The molecule has 65 heavy (non-hydrogen) atoms. The number of ether oxygens (including phenoxy) is 7. The number of aliphatic hydroxyl groups excluding tert-OH is 1. The SMILES string of the molecule is CC(C)(C)OC(=O)C[C@@H](O)C(=O)O.CC(C)(C)OC(=O)C[C@H]1O[C@H](c2ccccc2)[C@H](c2ccccc2)OC1=O.CC1CCCO1.O=C1CO[C@H](c2ccccc2)[C@H](c2ccccc2)O1. The number of benzene rings is 4.